The second-order valence-corrected chi connectivity index (χ2v) is 6.07. The van der Waals surface area contributed by atoms with Crippen LogP contribution in [0.2, 0.25) is 0 Å². The molecule has 0 saturated carbocycles. The van der Waals surface area contributed by atoms with E-state index in [1.807, 2.05) is 18.2 Å². The summed E-state index contributed by atoms with van der Waals surface area (Å²) in [6.07, 6.45) is 3.28. The number of hydrogen-bond acceptors (Lipinski definition) is 3. The van der Waals surface area contributed by atoms with Gasteiger partial charge in [-0.05, 0) is 12.3 Å². The van der Waals surface area contributed by atoms with Gasteiger partial charge in [-0.25, -0.2) is 4.98 Å². The Morgan fingerprint density at radius 2 is 2.00 bits per heavy atom. The molecule has 2 N–H and O–H groups in total. The lowest BCUT2D eigenvalue weighted by Gasteiger charge is -2.17. The Bertz CT molecular complexity index is 492. The average molecular weight is 274 g/mol. The zero-order valence-corrected chi connectivity index (χ0v) is 12.5. The second-order valence-electron chi connectivity index (χ2n) is 5.13. The Balaban J connectivity index is 2.02. The molecule has 0 bridgehead atoms. The van der Waals surface area contributed by atoms with E-state index in [1.54, 1.807) is 11.3 Å². The quantitative estimate of drug-likeness (QED) is 0.860. The van der Waals surface area contributed by atoms with Crippen LogP contribution in [0.15, 0.2) is 35.7 Å². The Labute approximate surface area is 119 Å². The lowest BCUT2D eigenvalue weighted by molar-refractivity contribution is 0.419. The molecule has 1 aromatic carbocycles. The highest BCUT2D eigenvalue weighted by molar-refractivity contribution is 7.09. The van der Waals surface area contributed by atoms with Gasteiger partial charge in [0.1, 0.15) is 0 Å². The van der Waals surface area contributed by atoms with Gasteiger partial charge < -0.3 is 5.73 Å². The van der Waals surface area contributed by atoms with Crippen LogP contribution in [0.4, 0.5) is 0 Å². The second kappa shape index (κ2) is 6.83. The molecule has 0 aliphatic carbocycles. The molecule has 2 aromatic rings. The number of aromatic nitrogens is 1. The van der Waals surface area contributed by atoms with E-state index in [9.17, 15) is 0 Å². The molecule has 2 atom stereocenters. The van der Waals surface area contributed by atoms with Crippen molar-refractivity contribution < 1.29 is 0 Å². The highest BCUT2D eigenvalue weighted by Gasteiger charge is 2.14. The predicted octanol–water partition coefficient (Wildman–Crippen LogP) is 4.12. The molecular formula is C16H22N2S. The summed E-state index contributed by atoms with van der Waals surface area (Å²) in [7, 11) is 0. The number of nitrogens with two attached hydrogens (primary N) is 1. The average Bonchev–Trinajstić information content (AvgIpc) is 2.88. The third-order valence-corrected chi connectivity index (χ3v) is 4.38. The van der Waals surface area contributed by atoms with Gasteiger partial charge in [0.25, 0.3) is 0 Å². The van der Waals surface area contributed by atoms with Crippen LogP contribution < -0.4 is 5.73 Å². The first-order valence-corrected chi connectivity index (χ1v) is 7.84. The van der Waals surface area contributed by atoms with Gasteiger partial charge in [-0.1, -0.05) is 50.6 Å². The van der Waals surface area contributed by atoms with Crippen LogP contribution in [0.1, 0.15) is 31.7 Å². The largest absolute Gasteiger partial charge is 0.327 e. The summed E-state index contributed by atoms with van der Waals surface area (Å²) in [4.78, 5) is 4.70. The summed E-state index contributed by atoms with van der Waals surface area (Å²) in [5.74, 6) is 0.564. The van der Waals surface area contributed by atoms with Crippen molar-refractivity contribution in [2.24, 2.45) is 11.7 Å². The SMILES string of the molecule is CCCC(C)C(N)Cc1nc(-c2ccccc2)cs1. The fourth-order valence-electron chi connectivity index (χ4n) is 2.22. The lowest BCUT2D eigenvalue weighted by Crippen LogP contribution is -2.30. The number of nitrogens with zero attached hydrogens (tertiary/aromatic N) is 1. The minimum absolute atomic E-state index is 0.217. The van der Waals surface area contributed by atoms with Gasteiger partial charge in [0, 0.05) is 23.4 Å². The van der Waals surface area contributed by atoms with Gasteiger partial charge in [0.05, 0.1) is 10.7 Å². The first-order chi connectivity index (χ1) is 9.20. The maximum atomic E-state index is 6.25. The van der Waals surface area contributed by atoms with Crippen LogP contribution in [0, 0.1) is 5.92 Å². The smallest absolute Gasteiger partial charge is 0.0948 e. The molecule has 2 rings (SSSR count). The molecule has 102 valence electrons. The van der Waals surface area contributed by atoms with Crippen molar-refractivity contribution in [3.63, 3.8) is 0 Å². The first-order valence-electron chi connectivity index (χ1n) is 6.96. The molecule has 0 aliphatic rings. The molecular weight excluding hydrogens is 252 g/mol. The molecule has 0 spiro atoms. The molecule has 1 heterocycles. The van der Waals surface area contributed by atoms with Crippen LogP contribution in [-0.4, -0.2) is 11.0 Å². The van der Waals surface area contributed by atoms with Crippen molar-refractivity contribution in [2.75, 3.05) is 0 Å². The number of benzene rings is 1. The van der Waals surface area contributed by atoms with E-state index in [0.29, 0.717) is 5.92 Å². The normalized spacial score (nSPS) is 14.3. The maximum Gasteiger partial charge on any atom is 0.0948 e. The van der Waals surface area contributed by atoms with Gasteiger partial charge in [-0.3, -0.25) is 0 Å². The highest BCUT2D eigenvalue weighted by atomic mass is 32.1. The van der Waals surface area contributed by atoms with Crippen molar-refractivity contribution in [3.05, 3.63) is 40.7 Å². The Morgan fingerprint density at radius 3 is 2.68 bits per heavy atom. The van der Waals surface area contributed by atoms with Crippen LogP contribution in [0.5, 0.6) is 0 Å². The summed E-state index contributed by atoms with van der Waals surface area (Å²) >= 11 is 1.72. The van der Waals surface area contributed by atoms with Crippen molar-refractivity contribution in [2.45, 2.75) is 39.2 Å². The van der Waals surface area contributed by atoms with Crippen LogP contribution in [0.25, 0.3) is 11.3 Å². The molecule has 3 heteroatoms. The van der Waals surface area contributed by atoms with E-state index < -0.39 is 0 Å². The molecule has 19 heavy (non-hydrogen) atoms. The lowest BCUT2D eigenvalue weighted by atomic mass is 9.95. The zero-order valence-electron chi connectivity index (χ0n) is 11.7. The van der Waals surface area contributed by atoms with Gasteiger partial charge in [-0.2, -0.15) is 0 Å². The topological polar surface area (TPSA) is 38.9 Å². The standard InChI is InChI=1S/C16H22N2S/c1-3-7-12(2)14(17)10-16-18-15(11-19-16)13-8-5-4-6-9-13/h4-6,8-9,11-12,14H,3,7,10,17H2,1-2H3. The van der Waals surface area contributed by atoms with Crippen LogP contribution in [0.3, 0.4) is 0 Å². The van der Waals surface area contributed by atoms with E-state index >= 15 is 0 Å². The maximum absolute atomic E-state index is 6.25. The van der Waals surface area contributed by atoms with Crippen LogP contribution in [-0.2, 0) is 6.42 Å². The van der Waals surface area contributed by atoms with Gasteiger partial charge >= 0.3 is 0 Å². The number of hydrogen-bond donors (Lipinski definition) is 1. The molecule has 2 unspecified atom stereocenters. The molecule has 0 saturated heterocycles. The molecule has 1 aromatic heterocycles. The van der Waals surface area contributed by atoms with E-state index in [1.165, 1.54) is 18.4 Å². The monoisotopic (exact) mass is 274 g/mol. The fourth-order valence-corrected chi connectivity index (χ4v) is 3.09. The van der Waals surface area contributed by atoms with E-state index in [0.717, 1.165) is 17.1 Å². The third kappa shape index (κ3) is 3.88. The Kier molecular flexibility index (Phi) is 5.11. The Hall–Kier alpha value is -1.19. The molecule has 0 radical (unpaired) electrons. The van der Waals surface area contributed by atoms with E-state index in [2.05, 4.69) is 31.4 Å². The summed E-state index contributed by atoms with van der Waals surface area (Å²) < 4.78 is 0. The zero-order chi connectivity index (χ0) is 13.7. The number of rotatable bonds is 6. The van der Waals surface area contributed by atoms with Crippen molar-refractivity contribution >= 4 is 11.3 Å². The number of thiazole rings is 1. The fraction of sp³-hybridized carbons (Fsp3) is 0.438. The highest BCUT2D eigenvalue weighted by Crippen LogP contribution is 2.23. The molecule has 0 fully saturated rings. The van der Waals surface area contributed by atoms with Gasteiger partial charge in [0.15, 0.2) is 0 Å². The van der Waals surface area contributed by atoms with Crippen molar-refractivity contribution in [3.8, 4) is 11.3 Å². The van der Waals surface area contributed by atoms with Gasteiger partial charge in [-0.15, -0.1) is 11.3 Å². The minimum atomic E-state index is 0.217. The summed E-state index contributed by atoms with van der Waals surface area (Å²) in [6.45, 7) is 4.44. The van der Waals surface area contributed by atoms with Crippen LogP contribution >= 0.6 is 11.3 Å². The summed E-state index contributed by atoms with van der Waals surface area (Å²) in [5.41, 5.74) is 8.50. The molecule has 2 nitrogen and oxygen atoms in total. The minimum Gasteiger partial charge on any atom is -0.327 e. The molecule has 0 aliphatic heterocycles. The van der Waals surface area contributed by atoms with Crippen molar-refractivity contribution in [1.82, 2.24) is 4.98 Å². The predicted molar refractivity (Wildman–Crippen MR) is 83.3 cm³/mol. The van der Waals surface area contributed by atoms with Crippen molar-refractivity contribution in [1.29, 1.82) is 0 Å². The first kappa shape index (κ1) is 14.2. The Morgan fingerprint density at radius 1 is 1.26 bits per heavy atom. The van der Waals surface area contributed by atoms with Gasteiger partial charge in [0.2, 0.25) is 0 Å². The summed E-state index contributed by atoms with van der Waals surface area (Å²) in [5, 5.41) is 3.27. The molecule has 0 amide bonds. The van der Waals surface area contributed by atoms with E-state index in [4.69, 9.17) is 10.7 Å². The summed E-state index contributed by atoms with van der Waals surface area (Å²) in [6, 6.07) is 10.5. The van der Waals surface area contributed by atoms with E-state index in [-0.39, 0.29) is 6.04 Å². The third-order valence-electron chi connectivity index (χ3n) is 3.51.